The Bertz CT molecular complexity index is 1120. The number of nitrogens with one attached hydrogen (secondary N) is 1. The highest BCUT2D eigenvalue weighted by atomic mass is 19.1. The van der Waals surface area contributed by atoms with Crippen molar-refractivity contribution < 1.29 is 14.0 Å². The van der Waals surface area contributed by atoms with Gasteiger partial charge in [0.2, 0.25) is 0 Å². The highest BCUT2D eigenvalue weighted by Gasteiger charge is 2.40. The van der Waals surface area contributed by atoms with Crippen LogP contribution in [0.1, 0.15) is 5.56 Å². The molecule has 0 spiro atoms. The summed E-state index contributed by atoms with van der Waals surface area (Å²) >= 11 is 0. The average Bonchev–Trinajstić information content (AvgIpc) is 2.99. The minimum absolute atomic E-state index is 0.162. The summed E-state index contributed by atoms with van der Waals surface area (Å²) in [5, 5.41) is 3.08. The minimum atomic E-state index is -0.458. The Morgan fingerprint density at radius 3 is 2.03 bits per heavy atom. The highest BCUT2D eigenvalue weighted by molar-refractivity contribution is 6.46. The quantitative estimate of drug-likeness (QED) is 0.648. The number of para-hydroxylation sites is 1. The normalized spacial score (nSPS) is 13.8. The van der Waals surface area contributed by atoms with Crippen LogP contribution in [-0.4, -0.2) is 25.9 Å². The third-order valence-electron chi connectivity index (χ3n) is 4.88. The van der Waals surface area contributed by atoms with Crippen molar-refractivity contribution in [2.75, 3.05) is 29.2 Å². The van der Waals surface area contributed by atoms with E-state index in [2.05, 4.69) is 5.32 Å². The van der Waals surface area contributed by atoms with E-state index in [0.29, 0.717) is 16.9 Å². The van der Waals surface area contributed by atoms with Crippen LogP contribution in [0.15, 0.2) is 84.6 Å². The van der Waals surface area contributed by atoms with Gasteiger partial charge in [0.15, 0.2) is 0 Å². The predicted molar refractivity (Wildman–Crippen MR) is 117 cm³/mol. The number of anilines is 3. The van der Waals surface area contributed by atoms with Gasteiger partial charge in [-0.25, -0.2) is 9.29 Å². The van der Waals surface area contributed by atoms with E-state index in [1.54, 1.807) is 12.1 Å². The highest BCUT2D eigenvalue weighted by Crippen LogP contribution is 2.34. The Hall–Kier alpha value is -3.93. The Morgan fingerprint density at radius 1 is 0.800 bits per heavy atom. The van der Waals surface area contributed by atoms with E-state index in [1.807, 2.05) is 61.5 Å². The van der Waals surface area contributed by atoms with E-state index in [4.69, 9.17) is 0 Å². The molecule has 0 saturated carbocycles. The number of carbonyl (C=O) groups excluding carboxylic acids is 2. The maximum atomic E-state index is 13.4. The van der Waals surface area contributed by atoms with Crippen molar-refractivity contribution >= 4 is 34.4 Å². The Kier molecular flexibility index (Phi) is 5.06. The average molecular weight is 401 g/mol. The van der Waals surface area contributed by atoms with Gasteiger partial charge in [0, 0.05) is 25.5 Å². The van der Waals surface area contributed by atoms with Gasteiger partial charge in [0.05, 0.1) is 11.3 Å². The van der Waals surface area contributed by atoms with Crippen molar-refractivity contribution in [2.24, 2.45) is 0 Å². The zero-order valence-corrected chi connectivity index (χ0v) is 16.6. The molecule has 150 valence electrons. The molecule has 0 bridgehead atoms. The van der Waals surface area contributed by atoms with Crippen LogP contribution in [0, 0.1) is 5.82 Å². The molecule has 0 unspecified atom stereocenters. The number of amides is 2. The van der Waals surface area contributed by atoms with E-state index in [1.165, 1.54) is 24.3 Å². The molecule has 6 heteroatoms. The molecule has 1 N–H and O–H groups in total. The van der Waals surface area contributed by atoms with Crippen LogP contribution in [0.25, 0.3) is 5.57 Å². The molecule has 1 aliphatic heterocycles. The van der Waals surface area contributed by atoms with Gasteiger partial charge in [-0.1, -0.05) is 30.3 Å². The van der Waals surface area contributed by atoms with E-state index >= 15 is 0 Å². The SMILES string of the molecule is CN(C)c1ccc(N2C(=O)C(Nc3ccccc3)=C(c3ccc(F)cc3)C2=O)cc1. The summed E-state index contributed by atoms with van der Waals surface area (Å²) in [4.78, 5) is 29.7. The zero-order valence-electron chi connectivity index (χ0n) is 16.6. The van der Waals surface area contributed by atoms with Crippen molar-refractivity contribution in [1.29, 1.82) is 0 Å². The third-order valence-corrected chi connectivity index (χ3v) is 4.88. The van der Waals surface area contributed by atoms with E-state index in [-0.39, 0.29) is 11.3 Å². The molecule has 0 fully saturated rings. The van der Waals surface area contributed by atoms with Crippen molar-refractivity contribution in [3.05, 3.63) is 95.9 Å². The van der Waals surface area contributed by atoms with Crippen molar-refractivity contribution in [2.45, 2.75) is 0 Å². The summed E-state index contributed by atoms with van der Waals surface area (Å²) in [6.07, 6.45) is 0. The maximum absolute atomic E-state index is 13.4. The number of carbonyl (C=O) groups is 2. The fourth-order valence-corrected chi connectivity index (χ4v) is 3.33. The van der Waals surface area contributed by atoms with Crippen LogP contribution in [-0.2, 0) is 9.59 Å². The molecule has 5 nitrogen and oxygen atoms in total. The number of nitrogens with zero attached hydrogens (tertiary/aromatic N) is 2. The standard InChI is InChI=1S/C24H20FN3O2/c1-27(2)19-12-14-20(15-13-19)28-23(29)21(16-8-10-17(25)11-9-16)22(24(28)30)26-18-6-4-3-5-7-18/h3-15,26H,1-2H3. The molecule has 1 heterocycles. The molecule has 0 aliphatic carbocycles. The molecule has 3 aromatic carbocycles. The molecule has 1 aliphatic rings. The number of imide groups is 1. The smallest absolute Gasteiger partial charge is 0.282 e. The van der Waals surface area contributed by atoms with Crippen LogP contribution in [0.5, 0.6) is 0 Å². The fraction of sp³-hybridized carbons (Fsp3) is 0.0833. The van der Waals surface area contributed by atoms with Gasteiger partial charge in [-0.2, -0.15) is 0 Å². The molecule has 0 radical (unpaired) electrons. The summed E-state index contributed by atoms with van der Waals surface area (Å²) in [6.45, 7) is 0. The summed E-state index contributed by atoms with van der Waals surface area (Å²) in [5.41, 5.74) is 2.95. The summed E-state index contributed by atoms with van der Waals surface area (Å²) in [6, 6.07) is 21.8. The van der Waals surface area contributed by atoms with Crippen LogP contribution < -0.4 is 15.1 Å². The molecule has 0 atom stereocenters. The fourth-order valence-electron chi connectivity index (χ4n) is 3.33. The van der Waals surface area contributed by atoms with Gasteiger partial charge < -0.3 is 10.2 Å². The van der Waals surface area contributed by atoms with Crippen LogP contribution >= 0.6 is 0 Å². The van der Waals surface area contributed by atoms with Gasteiger partial charge in [0.25, 0.3) is 11.8 Å². The first-order valence-electron chi connectivity index (χ1n) is 9.44. The van der Waals surface area contributed by atoms with Crippen LogP contribution in [0.4, 0.5) is 21.5 Å². The molecule has 0 saturated heterocycles. The minimum Gasteiger partial charge on any atom is -0.378 e. The lowest BCUT2D eigenvalue weighted by molar-refractivity contribution is -0.120. The third kappa shape index (κ3) is 3.55. The van der Waals surface area contributed by atoms with Crippen molar-refractivity contribution in [1.82, 2.24) is 0 Å². The number of benzene rings is 3. The molecular weight excluding hydrogens is 381 g/mol. The van der Waals surface area contributed by atoms with Gasteiger partial charge in [0.1, 0.15) is 11.5 Å². The predicted octanol–water partition coefficient (Wildman–Crippen LogP) is 4.29. The lowest BCUT2D eigenvalue weighted by Crippen LogP contribution is -2.32. The van der Waals surface area contributed by atoms with Gasteiger partial charge >= 0.3 is 0 Å². The van der Waals surface area contributed by atoms with Crippen molar-refractivity contribution in [3.8, 4) is 0 Å². The second-order valence-corrected chi connectivity index (χ2v) is 7.10. The second-order valence-electron chi connectivity index (χ2n) is 7.10. The molecule has 2 amide bonds. The first-order valence-corrected chi connectivity index (χ1v) is 9.44. The Labute approximate surface area is 174 Å². The summed E-state index contributed by atoms with van der Waals surface area (Å²) in [5.74, 6) is -1.33. The van der Waals surface area contributed by atoms with E-state index < -0.39 is 17.6 Å². The second kappa shape index (κ2) is 7.83. The van der Waals surface area contributed by atoms with Gasteiger partial charge in [-0.3, -0.25) is 9.59 Å². The van der Waals surface area contributed by atoms with Crippen LogP contribution in [0.3, 0.4) is 0 Å². The Balaban J connectivity index is 1.78. The summed E-state index contributed by atoms with van der Waals surface area (Å²) in [7, 11) is 3.83. The van der Waals surface area contributed by atoms with E-state index in [9.17, 15) is 14.0 Å². The number of hydrogen-bond acceptors (Lipinski definition) is 4. The monoisotopic (exact) mass is 401 g/mol. The van der Waals surface area contributed by atoms with Gasteiger partial charge in [-0.15, -0.1) is 0 Å². The van der Waals surface area contributed by atoms with Crippen molar-refractivity contribution in [3.63, 3.8) is 0 Å². The molecular formula is C24H20FN3O2. The maximum Gasteiger partial charge on any atom is 0.282 e. The number of rotatable bonds is 5. The first-order chi connectivity index (χ1) is 14.5. The molecule has 0 aromatic heterocycles. The number of hydrogen-bond donors (Lipinski definition) is 1. The molecule has 3 aromatic rings. The molecule has 4 rings (SSSR count). The lowest BCUT2D eigenvalue weighted by Gasteiger charge is -2.18. The first kappa shape index (κ1) is 19.4. The lowest BCUT2D eigenvalue weighted by atomic mass is 10.0. The topological polar surface area (TPSA) is 52.6 Å². The number of halogens is 1. The van der Waals surface area contributed by atoms with E-state index in [0.717, 1.165) is 10.6 Å². The largest absolute Gasteiger partial charge is 0.378 e. The Morgan fingerprint density at radius 2 is 1.43 bits per heavy atom. The van der Waals surface area contributed by atoms with Gasteiger partial charge in [-0.05, 0) is 54.1 Å². The van der Waals surface area contributed by atoms with Crippen LogP contribution in [0.2, 0.25) is 0 Å². The molecule has 30 heavy (non-hydrogen) atoms. The summed E-state index contributed by atoms with van der Waals surface area (Å²) < 4.78 is 13.4. The zero-order chi connectivity index (χ0) is 21.3.